The zero-order chi connectivity index (χ0) is 12.3. The van der Waals surface area contributed by atoms with E-state index in [1.165, 1.54) is 36.1 Å². The first-order valence-corrected chi connectivity index (χ1v) is 7.28. The van der Waals surface area contributed by atoms with Gasteiger partial charge in [0.05, 0.1) is 0 Å². The molecular weight excluding hydrogens is 230 g/mol. The molecule has 1 saturated heterocycles. The Hall–Kier alpha value is -0.740. The number of hydrogen-bond donors (Lipinski definition) is 2. The third-order valence-electron chi connectivity index (χ3n) is 3.45. The number of rotatable bonds is 3. The lowest BCUT2D eigenvalue weighted by Gasteiger charge is -2.31. The molecule has 1 aromatic rings. The Morgan fingerprint density at radius 2 is 2.35 bits per heavy atom. The molecule has 1 aromatic heterocycles. The maximum absolute atomic E-state index is 6.04. The lowest BCUT2D eigenvalue weighted by molar-refractivity contribution is 0.514. The Kier molecular flexibility index (Phi) is 4.29. The number of nitrogen functional groups attached to an aromatic ring is 1. The molecule has 2 unspecified atom stereocenters. The third-order valence-corrected chi connectivity index (χ3v) is 4.91. The van der Waals surface area contributed by atoms with Crippen LogP contribution in [0.25, 0.3) is 0 Å². The average Bonchev–Trinajstić information content (AvgIpc) is 2.35. The number of aryl methyl sites for hydroxylation is 1. The second kappa shape index (κ2) is 5.74. The number of nitrogens with one attached hydrogen (secondary N) is 1. The molecule has 3 N–H and O–H groups in total. The largest absolute Gasteiger partial charge is 0.383 e. The molecule has 0 bridgehead atoms. The van der Waals surface area contributed by atoms with E-state index in [1.807, 2.05) is 13.1 Å². The zero-order valence-electron chi connectivity index (χ0n) is 10.6. The standard InChI is InChI=1S/C13H21N3S/c1-9-6-7-16-13(14)11(9)12(15-2)10-5-3-4-8-17-10/h6-7,10,12,15H,3-5,8H2,1-2H3,(H2,14,16). The van der Waals surface area contributed by atoms with Crippen molar-refractivity contribution in [1.82, 2.24) is 10.3 Å². The first-order valence-electron chi connectivity index (χ1n) is 6.24. The first kappa shape index (κ1) is 12.7. The van der Waals surface area contributed by atoms with E-state index in [9.17, 15) is 0 Å². The Morgan fingerprint density at radius 3 is 2.94 bits per heavy atom. The Bertz CT molecular complexity index is 355. The van der Waals surface area contributed by atoms with Crippen molar-refractivity contribution in [3.05, 3.63) is 23.4 Å². The van der Waals surface area contributed by atoms with Gasteiger partial charge in [-0.1, -0.05) is 6.42 Å². The summed E-state index contributed by atoms with van der Waals surface area (Å²) in [7, 11) is 2.02. The Labute approximate surface area is 108 Å². The zero-order valence-corrected chi connectivity index (χ0v) is 11.4. The van der Waals surface area contributed by atoms with Crippen LogP contribution in [-0.4, -0.2) is 23.0 Å². The fourth-order valence-electron chi connectivity index (χ4n) is 2.54. The third kappa shape index (κ3) is 2.75. The van der Waals surface area contributed by atoms with Crippen LogP contribution in [0.3, 0.4) is 0 Å². The Morgan fingerprint density at radius 1 is 1.53 bits per heavy atom. The van der Waals surface area contributed by atoms with Gasteiger partial charge in [-0.2, -0.15) is 11.8 Å². The van der Waals surface area contributed by atoms with E-state index in [2.05, 4.69) is 29.0 Å². The summed E-state index contributed by atoms with van der Waals surface area (Å²) in [6.07, 6.45) is 5.73. The maximum atomic E-state index is 6.04. The van der Waals surface area contributed by atoms with Crippen molar-refractivity contribution in [2.45, 2.75) is 37.5 Å². The summed E-state index contributed by atoms with van der Waals surface area (Å²) >= 11 is 2.06. The van der Waals surface area contributed by atoms with Crippen molar-refractivity contribution in [2.75, 3.05) is 18.5 Å². The van der Waals surface area contributed by atoms with Gasteiger partial charge in [-0.3, -0.25) is 0 Å². The topological polar surface area (TPSA) is 50.9 Å². The van der Waals surface area contributed by atoms with E-state index in [4.69, 9.17) is 5.73 Å². The molecule has 2 atom stereocenters. The highest BCUT2D eigenvalue weighted by Crippen LogP contribution is 2.37. The van der Waals surface area contributed by atoms with E-state index in [-0.39, 0.29) is 0 Å². The molecule has 17 heavy (non-hydrogen) atoms. The van der Waals surface area contributed by atoms with Gasteiger partial charge in [0.2, 0.25) is 0 Å². The predicted octanol–water partition coefficient (Wildman–Crippen LogP) is 2.52. The van der Waals surface area contributed by atoms with Crippen molar-refractivity contribution < 1.29 is 0 Å². The predicted molar refractivity (Wildman–Crippen MR) is 75.3 cm³/mol. The van der Waals surface area contributed by atoms with Crippen LogP contribution in [0, 0.1) is 6.92 Å². The fraction of sp³-hybridized carbons (Fsp3) is 0.615. The number of hydrogen-bond acceptors (Lipinski definition) is 4. The van der Waals surface area contributed by atoms with Crippen LogP contribution in [0.1, 0.15) is 36.4 Å². The molecule has 0 aromatic carbocycles. The molecule has 0 spiro atoms. The van der Waals surface area contributed by atoms with Gasteiger partial charge in [0, 0.05) is 23.1 Å². The number of anilines is 1. The van der Waals surface area contributed by atoms with Crippen molar-refractivity contribution in [3.8, 4) is 0 Å². The minimum absolute atomic E-state index is 0.328. The van der Waals surface area contributed by atoms with Gasteiger partial charge in [-0.25, -0.2) is 4.98 Å². The normalized spacial score (nSPS) is 22.4. The van der Waals surface area contributed by atoms with Crippen LogP contribution in [-0.2, 0) is 0 Å². The molecule has 0 amide bonds. The van der Waals surface area contributed by atoms with Crippen molar-refractivity contribution >= 4 is 17.6 Å². The summed E-state index contributed by atoms with van der Waals surface area (Å²) in [5, 5.41) is 4.05. The molecular formula is C13H21N3S. The summed E-state index contributed by atoms with van der Waals surface area (Å²) in [5.74, 6) is 1.94. The second-order valence-electron chi connectivity index (χ2n) is 4.60. The van der Waals surface area contributed by atoms with Crippen LogP contribution in [0.4, 0.5) is 5.82 Å². The minimum atomic E-state index is 0.328. The van der Waals surface area contributed by atoms with Crippen LogP contribution in [0.5, 0.6) is 0 Å². The highest BCUT2D eigenvalue weighted by Gasteiger charge is 2.27. The van der Waals surface area contributed by atoms with Gasteiger partial charge in [0.15, 0.2) is 0 Å². The number of nitrogens with two attached hydrogens (primary N) is 1. The molecule has 1 aliphatic heterocycles. The van der Waals surface area contributed by atoms with Crippen molar-refractivity contribution in [2.24, 2.45) is 0 Å². The summed E-state index contributed by atoms with van der Waals surface area (Å²) in [6.45, 7) is 2.12. The Balaban J connectivity index is 2.27. The summed E-state index contributed by atoms with van der Waals surface area (Å²) in [5.41, 5.74) is 8.47. The molecule has 3 nitrogen and oxygen atoms in total. The van der Waals surface area contributed by atoms with E-state index in [1.54, 1.807) is 6.20 Å². The monoisotopic (exact) mass is 251 g/mol. The lowest BCUT2D eigenvalue weighted by atomic mass is 9.96. The molecule has 0 saturated carbocycles. The number of pyridine rings is 1. The number of thioether (sulfide) groups is 1. The average molecular weight is 251 g/mol. The summed E-state index contributed by atoms with van der Waals surface area (Å²) in [6, 6.07) is 2.37. The van der Waals surface area contributed by atoms with Gasteiger partial charge in [0.1, 0.15) is 5.82 Å². The maximum Gasteiger partial charge on any atom is 0.128 e. The van der Waals surface area contributed by atoms with E-state index in [0.29, 0.717) is 17.1 Å². The van der Waals surface area contributed by atoms with E-state index >= 15 is 0 Å². The van der Waals surface area contributed by atoms with Gasteiger partial charge in [-0.05, 0) is 44.2 Å². The lowest BCUT2D eigenvalue weighted by Crippen LogP contribution is -2.30. The van der Waals surface area contributed by atoms with E-state index < -0.39 is 0 Å². The van der Waals surface area contributed by atoms with Crippen molar-refractivity contribution in [1.29, 1.82) is 0 Å². The first-order chi connectivity index (χ1) is 8.24. The molecule has 1 fully saturated rings. The number of aromatic nitrogens is 1. The highest BCUT2D eigenvalue weighted by molar-refractivity contribution is 8.00. The highest BCUT2D eigenvalue weighted by atomic mass is 32.2. The van der Waals surface area contributed by atoms with Gasteiger partial charge >= 0.3 is 0 Å². The van der Waals surface area contributed by atoms with Gasteiger partial charge < -0.3 is 11.1 Å². The fourth-order valence-corrected chi connectivity index (χ4v) is 4.01. The van der Waals surface area contributed by atoms with Crippen LogP contribution in [0.15, 0.2) is 12.3 Å². The minimum Gasteiger partial charge on any atom is -0.383 e. The molecule has 4 heteroatoms. The molecule has 94 valence electrons. The van der Waals surface area contributed by atoms with Gasteiger partial charge in [0.25, 0.3) is 0 Å². The van der Waals surface area contributed by atoms with Crippen LogP contribution >= 0.6 is 11.8 Å². The second-order valence-corrected chi connectivity index (χ2v) is 5.95. The molecule has 2 heterocycles. The number of nitrogens with zero attached hydrogens (tertiary/aromatic N) is 1. The van der Waals surface area contributed by atoms with Gasteiger partial charge in [-0.15, -0.1) is 0 Å². The quantitative estimate of drug-likeness (QED) is 0.866. The smallest absolute Gasteiger partial charge is 0.128 e. The summed E-state index contributed by atoms with van der Waals surface area (Å²) < 4.78 is 0. The van der Waals surface area contributed by atoms with Crippen molar-refractivity contribution in [3.63, 3.8) is 0 Å². The molecule has 0 aliphatic carbocycles. The molecule has 2 rings (SSSR count). The SMILES string of the molecule is CNC(c1c(C)ccnc1N)C1CCCCS1. The van der Waals surface area contributed by atoms with Crippen LogP contribution < -0.4 is 11.1 Å². The molecule has 0 radical (unpaired) electrons. The molecule has 1 aliphatic rings. The summed E-state index contributed by atoms with van der Waals surface area (Å²) in [4.78, 5) is 4.23. The van der Waals surface area contributed by atoms with E-state index in [0.717, 1.165) is 0 Å². The van der Waals surface area contributed by atoms with Crippen LogP contribution in [0.2, 0.25) is 0 Å².